The minimum Gasteiger partial charge on any atom is -0.212 e. The molecular weight excluding hydrogens is 234 g/mol. The summed E-state index contributed by atoms with van der Waals surface area (Å²) in [5, 5.41) is 0. The van der Waals surface area contributed by atoms with E-state index in [0.717, 1.165) is 12.8 Å². The maximum atomic E-state index is 11.9. The number of hydrogen-bond acceptors (Lipinski definition) is 2. The average Bonchev–Trinajstić information content (AvgIpc) is 2.18. The fourth-order valence-corrected chi connectivity index (χ4v) is 3.61. The van der Waals surface area contributed by atoms with Crippen LogP contribution in [-0.4, -0.2) is 37.4 Å². The Balaban J connectivity index is 4.57. The highest BCUT2D eigenvalue weighted by Gasteiger charge is 2.25. The molecule has 15 heavy (non-hydrogen) atoms. The van der Waals surface area contributed by atoms with E-state index >= 15 is 0 Å². The first-order valence-electron chi connectivity index (χ1n) is 5.40. The summed E-state index contributed by atoms with van der Waals surface area (Å²) in [5.74, 6) is 0.535. The Labute approximate surface area is 98.8 Å². The van der Waals surface area contributed by atoms with Crippen molar-refractivity contribution in [3.8, 4) is 0 Å². The van der Waals surface area contributed by atoms with Crippen LogP contribution in [0.4, 0.5) is 0 Å². The van der Waals surface area contributed by atoms with Gasteiger partial charge in [0.25, 0.3) is 0 Å². The van der Waals surface area contributed by atoms with Crippen LogP contribution in [0.1, 0.15) is 33.6 Å². The molecule has 0 aromatic rings. The zero-order valence-corrected chi connectivity index (χ0v) is 11.6. The zero-order valence-electron chi connectivity index (χ0n) is 10.0. The average molecular weight is 256 g/mol. The summed E-state index contributed by atoms with van der Waals surface area (Å²) in [7, 11) is -1.49. The van der Waals surface area contributed by atoms with Gasteiger partial charge in [0.2, 0.25) is 10.0 Å². The van der Waals surface area contributed by atoms with Gasteiger partial charge in [-0.2, -0.15) is 0 Å². The van der Waals surface area contributed by atoms with Crippen LogP contribution in [-0.2, 0) is 10.0 Å². The second-order valence-electron chi connectivity index (χ2n) is 4.02. The lowest BCUT2D eigenvalue weighted by Gasteiger charge is -2.26. The lowest BCUT2D eigenvalue weighted by Crippen LogP contribution is -2.39. The van der Waals surface area contributed by atoms with Gasteiger partial charge in [-0.05, 0) is 18.8 Å². The lowest BCUT2D eigenvalue weighted by molar-refractivity contribution is 0.347. The summed E-state index contributed by atoms with van der Waals surface area (Å²) in [4.78, 5) is 0. The van der Waals surface area contributed by atoms with Crippen LogP contribution in [0, 0.1) is 5.92 Å². The Morgan fingerprint density at radius 3 is 2.07 bits per heavy atom. The quantitative estimate of drug-likeness (QED) is 0.655. The van der Waals surface area contributed by atoms with Crippen molar-refractivity contribution >= 4 is 21.6 Å². The monoisotopic (exact) mass is 255 g/mol. The summed E-state index contributed by atoms with van der Waals surface area (Å²) in [6, 6.07) is 0.109. The minimum absolute atomic E-state index is 0.00785. The molecule has 0 aliphatic rings. The smallest absolute Gasteiger partial charge is 0.212 e. The fraction of sp³-hybridized carbons (Fsp3) is 1.00. The highest BCUT2D eigenvalue weighted by molar-refractivity contribution is 7.89. The van der Waals surface area contributed by atoms with Gasteiger partial charge in [-0.3, -0.25) is 0 Å². The topological polar surface area (TPSA) is 37.4 Å². The Bertz CT molecular complexity index is 263. The van der Waals surface area contributed by atoms with Crippen molar-refractivity contribution in [2.75, 3.05) is 18.7 Å². The zero-order chi connectivity index (χ0) is 12.1. The van der Waals surface area contributed by atoms with Gasteiger partial charge >= 0.3 is 0 Å². The standard InChI is InChI=1S/C10H22ClNO2S/c1-5-10(6-2)12(4)15(13,14)8-9(3)7-11/h9-10H,5-8H2,1-4H3. The van der Waals surface area contributed by atoms with Crippen LogP contribution in [0.5, 0.6) is 0 Å². The maximum absolute atomic E-state index is 11.9. The van der Waals surface area contributed by atoms with E-state index in [2.05, 4.69) is 0 Å². The van der Waals surface area contributed by atoms with Gasteiger partial charge in [0, 0.05) is 19.0 Å². The molecule has 0 rings (SSSR count). The van der Waals surface area contributed by atoms with E-state index < -0.39 is 10.0 Å². The Morgan fingerprint density at radius 2 is 1.73 bits per heavy atom. The van der Waals surface area contributed by atoms with Crippen molar-refractivity contribution in [3.05, 3.63) is 0 Å². The van der Waals surface area contributed by atoms with Crippen molar-refractivity contribution in [1.82, 2.24) is 4.31 Å². The van der Waals surface area contributed by atoms with Gasteiger partial charge in [0.1, 0.15) is 0 Å². The van der Waals surface area contributed by atoms with Gasteiger partial charge in [-0.15, -0.1) is 11.6 Å². The molecular formula is C10H22ClNO2S. The predicted octanol–water partition coefficient (Wildman–Crippen LogP) is 2.31. The van der Waals surface area contributed by atoms with E-state index in [9.17, 15) is 8.42 Å². The molecule has 0 spiro atoms. The summed E-state index contributed by atoms with van der Waals surface area (Å²) in [5.41, 5.74) is 0. The number of rotatable bonds is 7. The predicted molar refractivity (Wildman–Crippen MR) is 65.8 cm³/mol. The number of sulfonamides is 1. The largest absolute Gasteiger partial charge is 0.214 e. The molecule has 0 aromatic heterocycles. The molecule has 0 fully saturated rings. The van der Waals surface area contributed by atoms with Crippen molar-refractivity contribution in [3.63, 3.8) is 0 Å². The normalized spacial score (nSPS) is 14.9. The molecule has 0 radical (unpaired) electrons. The van der Waals surface area contributed by atoms with Crippen molar-refractivity contribution in [2.45, 2.75) is 39.7 Å². The molecule has 0 heterocycles. The van der Waals surface area contributed by atoms with Crippen LogP contribution in [0.2, 0.25) is 0 Å². The SMILES string of the molecule is CCC(CC)N(C)S(=O)(=O)CC(C)CCl. The minimum atomic E-state index is -3.15. The van der Waals surface area contributed by atoms with E-state index in [-0.39, 0.29) is 17.7 Å². The summed E-state index contributed by atoms with van der Waals surface area (Å²) in [6.07, 6.45) is 1.70. The first kappa shape index (κ1) is 15.2. The van der Waals surface area contributed by atoms with Gasteiger partial charge in [0.15, 0.2) is 0 Å². The third-order valence-corrected chi connectivity index (χ3v) is 5.35. The second-order valence-corrected chi connectivity index (χ2v) is 6.41. The summed E-state index contributed by atoms with van der Waals surface area (Å²) >= 11 is 5.63. The Kier molecular flexibility index (Phi) is 6.80. The molecule has 5 heteroatoms. The van der Waals surface area contributed by atoms with E-state index in [1.165, 1.54) is 4.31 Å². The van der Waals surface area contributed by atoms with Crippen LogP contribution < -0.4 is 0 Å². The van der Waals surface area contributed by atoms with Gasteiger partial charge in [0.05, 0.1) is 5.75 Å². The Morgan fingerprint density at radius 1 is 1.27 bits per heavy atom. The highest BCUT2D eigenvalue weighted by atomic mass is 35.5. The van der Waals surface area contributed by atoms with Crippen molar-refractivity contribution in [2.24, 2.45) is 5.92 Å². The molecule has 0 amide bonds. The van der Waals surface area contributed by atoms with Crippen LogP contribution in [0.3, 0.4) is 0 Å². The molecule has 0 saturated heterocycles. The second kappa shape index (κ2) is 6.71. The van der Waals surface area contributed by atoms with E-state index in [0.29, 0.717) is 5.88 Å². The molecule has 0 aliphatic carbocycles. The molecule has 0 saturated carbocycles. The van der Waals surface area contributed by atoms with Gasteiger partial charge in [-0.25, -0.2) is 12.7 Å². The Hall–Kier alpha value is 0.200. The molecule has 1 atom stereocenters. The lowest BCUT2D eigenvalue weighted by atomic mass is 10.2. The fourth-order valence-electron chi connectivity index (χ4n) is 1.55. The van der Waals surface area contributed by atoms with E-state index in [4.69, 9.17) is 11.6 Å². The van der Waals surface area contributed by atoms with Crippen LogP contribution in [0.15, 0.2) is 0 Å². The third-order valence-electron chi connectivity index (χ3n) is 2.65. The number of alkyl halides is 1. The number of hydrogen-bond donors (Lipinski definition) is 0. The van der Waals surface area contributed by atoms with E-state index in [1.807, 2.05) is 20.8 Å². The number of halogens is 1. The first-order valence-corrected chi connectivity index (χ1v) is 7.55. The van der Waals surface area contributed by atoms with Gasteiger partial charge < -0.3 is 0 Å². The van der Waals surface area contributed by atoms with Gasteiger partial charge in [-0.1, -0.05) is 20.8 Å². The van der Waals surface area contributed by atoms with Crippen molar-refractivity contribution in [1.29, 1.82) is 0 Å². The molecule has 3 nitrogen and oxygen atoms in total. The molecule has 92 valence electrons. The molecule has 1 unspecified atom stereocenters. The van der Waals surface area contributed by atoms with Crippen LogP contribution in [0.25, 0.3) is 0 Å². The van der Waals surface area contributed by atoms with E-state index in [1.54, 1.807) is 7.05 Å². The summed E-state index contributed by atoms with van der Waals surface area (Å²) < 4.78 is 25.3. The van der Waals surface area contributed by atoms with Crippen LogP contribution >= 0.6 is 11.6 Å². The molecule has 0 aromatic carbocycles. The summed E-state index contributed by atoms with van der Waals surface area (Å²) in [6.45, 7) is 5.86. The highest BCUT2D eigenvalue weighted by Crippen LogP contribution is 2.14. The molecule has 0 bridgehead atoms. The molecule has 0 N–H and O–H groups in total. The third kappa shape index (κ3) is 4.70. The first-order chi connectivity index (χ1) is 6.88. The van der Waals surface area contributed by atoms with Crippen molar-refractivity contribution < 1.29 is 8.42 Å². The molecule has 0 aliphatic heterocycles. The maximum Gasteiger partial charge on any atom is 0.214 e. The number of nitrogens with zero attached hydrogens (tertiary/aromatic N) is 1.